The Balaban J connectivity index is 1.66. The van der Waals surface area contributed by atoms with E-state index >= 15 is 0 Å². The van der Waals surface area contributed by atoms with Crippen LogP contribution in [0.1, 0.15) is 27.2 Å². The van der Waals surface area contributed by atoms with Gasteiger partial charge in [-0.15, -0.1) is 11.8 Å². The average Bonchev–Trinajstić information content (AvgIpc) is 3.33. The first-order chi connectivity index (χ1) is 18.4. The number of piperazine rings is 1. The zero-order valence-corrected chi connectivity index (χ0v) is 23.8. The third-order valence-electron chi connectivity index (χ3n) is 7.84. The van der Waals surface area contributed by atoms with Crippen LogP contribution >= 0.6 is 11.8 Å². The smallest absolute Gasteiger partial charge is 0.411 e. The van der Waals surface area contributed by atoms with Crippen molar-refractivity contribution >= 4 is 35.6 Å². The van der Waals surface area contributed by atoms with E-state index in [1.807, 2.05) is 25.8 Å². The number of fused-ring (bicyclic) bond motifs is 1. The van der Waals surface area contributed by atoms with Gasteiger partial charge >= 0.3 is 12.1 Å². The van der Waals surface area contributed by atoms with E-state index in [2.05, 4.69) is 13.2 Å². The first-order valence-electron chi connectivity index (χ1n) is 13.2. The minimum Gasteiger partial charge on any atom is -0.457 e. The number of hydrogen-bond acceptors (Lipinski definition) is 9. The summed E-state index contributed by atoms with van der Waals surface area (Å²) in [4.78, 5) is 59.7. The van der Waals surface area contributed by atoms with Crippen molar-refractivity contribution in [1.29, 1.82) is 0 Å². The quantitative estimate of drug-likeness (QED) is 0.253. The molecule has 4 rings (SSSR count). The van der Waals surface area contributed by atoms with Crippen LogP contribution in [0.4, 0.5) is 4.79 Å². The van der Waals surface area contributed by atoms with Gasteiger partial charge in [-0.2, -0.15) is 0 Å². The van der Waals surface area contributed by atoms with Gasteiger partial charge in [-0.3, -0.25) is 19.4 Å². The highest BCUT2D eigenvalue weighted by atomic mass is 32.2. The summed E-state index contributed by atoms with van der Waals surface area (Å²) in [6.45, 7) is 14.4. The Morgan fingerprint density at radius 2 is 1.87 bits per heavy atom. The number of aliphatic hydroxyl groups excluding tert-OH is 1. The van der Waals surface area contributed by atoms with Crippen molar-refractivity contribution < 1.29 is 33.8 Å². The topological polar surface area (TPSA) is 120 Å². The summed E-state index contributed by atoms with van der Waals surface area (Å²) in [6.07, 6.45) is 1.48. The molecule has 4 heterocycles. The second-order valence-corrected chi connectivity index (χ2v) is 12.5. The first-order valence-corrected chi connectivity index (χ1v) is 14.0. The van der Waals surface area contributed by atoms with Crippen LogP contribution in [-0.2, 0) is 23.9 Å². The predicted octanol–water partition coefficient (Wildman–Crippen LogP) is 1.41. The highest BCUT2D eigenvalue weighted by Crippen LogP contribution is 2.55. The molecule has 0 bridgehead atoms. The van der Waals surface area contributed by atoms with Crippen molar-refractivity contribution in [2.75, 3.05) is 46.4 Å². The first kappa shape index (κ1) is 29.2. The van der Waals surface area contributed by atoms with Crippen molar-refractivity contribution in [3.8, 4) is 0 Å². The molecular weight excluding hydrogens is 524 g/mol. The Hall–Kier alpha value is -2.83. The molecule has 1 N–H and O–H groups in total. The van der Waals surface area contributed by atoms with Crippen molar-refractivity contribution in [1.82, 2.24) is 19.6 Å². The van der Waals surface area contributed by atoms with E-state index in [9.17, 15) is 24.3 Å². The number of nitrogens with zero attached hydrogens (tertiary/aromatic N) is 4. The monoisotopic (exact) mass is 562 g/mol. The minimum atomic E-state index is -0.860. The summed E-state index contributed by atoms with van der Waals surface area (Å²) in [5.41, 5.74) is 0.183. The van der Waals surface area contributed by atoms with Gasteiger partial charge in [0.1, 0.15) is 25.1 Å². The Bertz CT molecular complexity index is 1090. The molecule has 6 atom stereocenters. The Kier molecular flexibility index (Phi) is 8.48. The van der Waals surface area contributed by atoms with E-state index in [0.29, 0.717) is 24.4 Å². The molecule has 3 fully saturated rings. The van der Waals surface area contributed by atoms with Crippen molar-refractivity contribution in [3.63, 3.8) is 0 Å². The van der Waals surface area contributed by atoms with Crippen molar-refractivity contribution in [2.45, 2.75) is 50.3 Å². The number of aliphatic hydroxyl groups is 1. The minimum absolute atomic E-state index is 0.00499. The maximum atomic E-state index is 13.2. The number of likely N-dealkylation sites (N-methyl/N-ethyl adjacent to an activating group) is 1. The van der Waals surface area contributed by atoms with E-state index in [1.165, 1.54) is 28.8 Å². The van der Waals surface area contributed by atoms with E-state index in [-0.39, 0.29) is 55.8 Å². The largest absolute Gasteiger partial charge is 0.457 e. The molecule has 0 aliphatic carbocycles. The number of esters is 1. The summed E-state index contributed by atoms with van der Waals surface area (Å²) in [5.74, 6) is -1.85. The molecule has 0 aromatic carbocycles. The number of β-lactam (4-membered cyclic amide) rings is 1. The summed E-state index contributed by atoms with van der Waals surface area (Å²) >= 11 is 1.43. The summed E-state index contributed by atoms with van der Waals surface area (Å²) < 4.78 is 10.1. The maximum absolute atomic E-state index is 13.2. The van der Waals surface area contributed by atoms with Crippen LogP contribution in [0.3, 0.4) is 0 Å². The van der Waals surface area contributed by atoms with Crippen LogP contribution < -0.4 is 0 Å². The molecule has 0 spiro atoms. The number of carbonyl (C=O) groups is 4. The summed E-state index contributed by atoms with van der Waals surface area (Å²) in [5, 5.41) is 10.3. The number of ether oxygens (including phenoxy) is 2. The number of likely N-dealkylation sites (tertiary alicyclic amines) is 1. The zero-order valence-electron chi connectivity index (χ0n) is 23.0. The van der Waals surface area contributed by atoms with Gasteiger partial charge in [-0.1, -0.05) is 32.2 Å². The second-order valence-electron chi connectivity index (χ2n) is 10.9. The fourth-order valence-electron chi connectivity index (χ4n) is 6.01. The molecule has 0 aromatic rings. The van der Waals surface area contributed by atoms with E-state index in [0.717, 1.165) is 0 Å². The molecule has 4 aliphatic heterocycles. The van der Waals surface area contributed by atoms with E-state index in [1.54, 1.807) is 16.7 Å². The molecular formula is C27H38N4O7S. The van der Waals surface area contributed by atoms with Gasteiger partial charge in [0.25, 0.3) is 0 Å². The van der Waals surface area contributed by atoms with Crippen LogP contribution in [0.15, 0.2) is 35.9 Å². The lowest BCUT2D eigenvalue weighted by Gasteiger charge is -2.46. The van der Waals surface area contributed by atoms with Gasteiger partial charge in [0.2, 0.25) is 11.8 Å². The molecule has 3 amide bonds. The van der Waals surface area contributed by atoms with E-state index < -0.39 is 35.0 Å². The highest BCUT2D eigenvalue weighted by Gasteiger charge is 2.61. The van der Waals surface area contributed by atoms with E-state index in [4.69, 9.17) is 9.47 Å². The molecule has 11 nitrogen and oxygen atoms in total. The Labute approximate surface area is 233 Å². The molecule has 39 heavy (non-hydrogen) atoms. The van der Waals surface area contributed by atoms with Crippen LogP contribution in [0.25, 0.3) is 0 Å². The average molecular weight is 563 g/mol. The molecule has 3 saturated heterocycles. The lowest BCUT2D eigenvalue weighted by atomic mass is 9.79. The Morgan fingerprint density at radius 1 is 1.21 bits per heavy atom. The SMILES string of the molecule is C=CCOC(=O)C1=C(S[C@@]2(C)C[C@@H](N3CCN(C)CC3=O)N(C(=O)OCC=C)C2)[C@H](C)[C@@H]2[C@@H]([C@@H](C)O)C(=O)N12. The molecule has 0 saturated carbocycles. The van der Waals surface area contributed by atoms with Crippen LogP contribution in [-0.4, -0.2) is 118 Å². The molecule has 0 unspecified atom stereocenters. The molecule has 0 radical (unpaired) electrons. The molecule has 12 heteroatoms. The number of thioether (sulfide) groups is 1. The molecule has 214 valence electrons. The van der Waals surface area contributed by atoms with Crippen LogP contribution in [0.5, 0.6) is 0 Å². The third-order valence-corrected chi connectivity index (χ3v) is 9.41. The van der Waals surface area contributed by atoms with Crippen molar-refractivity contribution in [3.05, 3.63) is 35.9 Å². The van der Waals surface area contributed by atoms with Gasteiger partial charge in [0, 0.05) is 41.6 Å². The summed E-state index contributed by atoms with van der Waals surface area (Å²) in [6, 6.07) is -0.361. The second kappa shape index (κ2) is 11.3. The van der Waals surface area contributed by atoms with Crippen LogP contribution in [0, 0.1) is 11.8 Å². The molecule has 0 aromatic heterocycles. The number of amides is 3. The Morgan fingerprint density at radius 3 is 2.49 bits per heavy atom. The summed E-state index contributed by atoms with van der Waals surface area (Å²) in [7, 11) is 1.88. The fourth-order valence-corrected chi connectivity index (χ4v) is 7.58. The number of carbonyl (C=O) groups excluding carboxylic acids is 4. The highest BCUT2D eigenvalue weighted by molar-refractivity contribution is 8.04. The zero-order chi connectivity index (χ0) is 28.6. The van der Waals surface area contributed by atoms with Crippen LogP contribution in [0.2, 0.25) is 0 Å². The number of hydrogen-bond donors (Lipinski definition) is 1. The third kappa shape index (κ3) is 5.33. The lowest BCUT2D eigenvalue weighted by molar-refractivity contribution is -0.164. The normalized spacial score (nSPS) is 31.7. The van der Waals surface area contributed by atoms with Gasteiger partial charge in [0.05, 0.1) is 24.6 Å². The maximum Gasteiger partial charge on any atom is 0.411 e. The molecule has 4 aliphatic rings. The van der Waals surface area contributed by atoms with Gasteiger partial charge in [0.15, 0.2) is 0 Å². The van der Waals surface area contributed by atoms with Gasteiger partial charge < -0.3 is 24.4 Å². The predicted molar refractivity (Wildman–Crippen MR) is 145 cm³/mol. The van der Waals surface area contributed by atoms with Crippen molar-refractivity contribution in [2.24, 2.45) is 11.8 Å². The number of rotatable bonds is 9. The fraction of sp³-hybridized carbons (Fsp3) is 0.630. The standard InChI is InChI=1S/C27H38N4O7S/c1-7-11-37-25(35)22-23(16(3)21-20(17(4)32)24(34)31(21)22)39-27(5)13-18(29-10-9-28(6)14-19(29)33)30(15-27)26(36)38-12-8-2/h7-8,16-18,20-21,32H,1-2,9-15H2,3-6H3/t16-,17-,18+,20-,21-,27+/m1/s1. The lowest BCUT2D eigenvalue weighted by Crippen LogP contribution is -2.63. The van der Waals surface area contributed by atoms with Gasteiger partial charge in [-0.25, -0.2) is 9.59 Å². The van der Waals surface area contributed by atoms with Gasteiger partial charge in [-0.05, 0) is 20.9 Å².